The van der Waals surface area contributed by atoms with E-state index in [-0.39, 0.29) is 0 Å². The van der Waals surface area contributed by atoms with Crippen LogP contribution in [0.1, 0.15) is 73.1 Å². The molecule has 0 unspecified atom stereocenters. The lowest BCUT2D eigenvalue weighted by Crippen LogP contribution is -2.30. The lowest BCUT2D eigenvalue weighted by Gasteiger charge is -2.26. The Morgan fingerprint density at radius 3 is 2.20 bits per heavy atom. The van der Waals surface area contributed by atoms with Gasteiger partial charge in [0.25, 0.3) is 0 Å². The fourth-order valence-corrected chi connectivity index (χ4v) is 4.45. The Balaban J connectivity index is 1.78. The number of nitrogens with zero attached hydrogens (tertiary/aromatic N) is 6. The molecule has 8 heteroatoms. The molecule has 0 amide bonds. The quantitative estimate of drug-likeness (QED) is 0.141. The van der Waals surface area contributed by atoms with Crippen molar-refractivity contribution in [2.24, 2.45) is 11.8 Å². The summed E-state index contributed by atoms with van der Waals surface area (Å²) >= 11 is 0. The van der Waals surface area contributed by atoms with Crippen molar-refractivity contribution in [3.8, 4) is 0 Å². The molecule has 2 aromatic heterocycles. The van der Waals surface area contributed by atoms with E-state index in [4.69, 9.17) is 24.4 Å². The van der Waals surface area contributed by atoms with Gasteiger partial charge in [-0.3, -0.25) is 0 Å². The molecule has 2 aromatic carbocycles. The number of unbranched alkanes of at least 4 members (excludes halogenated alkanes) is 3. The number of anilines is 5. The molecule has 0 aliphatic rings. The third-order valence-electron chi connectivity index (χ3n) is 6.85. The molecule has 4 aromatic rings. The molecule has 0 saturated heterocycles. The maximum atomic E-state index is 6.24. The van der Waals surface area contributed by atoms with Gasteiger partial charge in [0.2, 0.25) is 17.8 Å². The third-order valence-corrected chi connectivity index (χ3v) is 6.85. The molecule has 2 heterocycles. The first-order valence-electron chi connectivity index (χ1n) is 14.9. The summed E-state index contributed by atoms with van der Waals surface area (Å²) in [5.41, 5.74) is 2.38. The summed E-state index contributed by atoms with van der Waals surface area (Å²) in [6, 6.07) is 18.2. The number of nitrogens with one attached hydrogen (secondary N) is 1. The second-order valence-corrected chi connectivity index (χ2v) is 11.2. The first kappa shape index (κ1) is 29.3. The Bertz CT molecular complexity index is 1270. The SMILES string of the molecule is CCCCCCN(CCC(C)C)c1nc(NCCC(C)C)nc(N(c2ccccc2)c2nc3ccccc3o2)n1. The number of hydrogen-bond acceptors (Lipinski definition) is 8. The fraction of sp³-hybridized carbons (Fsp3) is 0.500. The van der Waals surface area contributed by atoms with E-state index in [2.05, 4.69) is 44.8 Å². The van der Waals surface area contributed by atoms with E-state index in [1.807, 2.05) is 59.5 Å². The largest absolute Gasteiger partial charge is 0.423 e. The summed E-state index contributed by atoms with van der Waals surface area (Å²) in [6.45, 7) is 13.8. The zero-order valence-corrected chi connectivity index (χ0v) is 24.8. The van der Waals surface area contributed by atoms with Crippen LogP contribution in [0.4, 0.5) is 29.5 Å². The summed E-state index contributed by atoms with van der Waals surface area (Å²) in [4.78, 5) is 23.9. The van der Waals surface area contributed by atoms with Crippen LogP contribution in [0, 0.1) is 11.8 Å². The van der Waals surface area contributed by atoms with E-state index in [0.717, 1.165) is 55.7 Å². The van der Waals surface area contributed by atoms with Gasteiger partial charge in [-0.25, -0.2) is 4.90 Å². The van der Waals surface area contributed by atoms with Crippen LogP contribution in [0.5, 0.6) is 0 Å². The monoisotopic (exact) mass is 543 g/mol. The first-order chi connectivity index (χ1) is 19.4. The average molecular weight is 544 g/mol. The van der Waals surface area contributed by atoms with Crippen LogP contribution in [-0.2, 0) is 0 Å². The highest BCUT2D eigenvalue weighted by molar-refractivity contribution is 5.78. The van der Waals surface area contributed by atoms with Crippen LogP contribution in [0.15, 0.2) is 59.0 Å². The molecule has 0 bridgehead atoms. The van der Waals surface area contributed by atoms with Crippen LogP contribution < -0.4 is 15.1 Å². The lowest BCUT2D eigenvalue weighted by molar-refractivity contribution is 0.553. The molecule has 214 valence electrons. The summed E-state index contributed by atoms with van der Waals surface area (Å²) in [7, 11) is 0. The Morgan fingerprint density at radius 1 is 0.750 bits per heavy atom. The highest BCUT2D eigenvalue weighted by Gasteiger charge is 2.24. The van der Waals surface area contributed by atoms with Crippen molar-refractivity contribution in [3.63, 3.8) is 0 Å². The second-order valence-electron chi connectivity index (χ2n) is 11.2. The van der Waals surface area contributed by atoms with Crippen molar-refractivity contribution in [2.75, 3.05) is 34.8 Å². The highest BCUT2D eigenvalue weighted by Crippen LogP contribution is 2.34. The zero-order chi connectivity index (χ0) is 28.3. The number of fused-ring (bicyclic) bond motifs is 1. The van der Waals surface area contributed by atoms with Crippen molar-refractivity contribution in [1.82, 2.24) is 19.9 Å². The van der Waals surface area contributed by atoms with E-state index in [1.165, 1.54) is 19.3 Å². The average Bonchev–Trinajstić information content (AvgIpc) is 3.36. The predicted molar refractivity (Wildman–Crippen MR) is 166 cm³/mol. The lowest BCUT2D eigenvalue weighted by atomic mass is 10.1. The van der Waals surface area contributed by atoms with Gasteiger partial charge in [0.1, 0.15) is 5.52 Å². The van der Waals surface area contributed by atoms with Crippen molar-refractivity contribution in [3.05, 3.63) is 54.6 Å². The Labute approximate surface area is 239 Å². The molecular weight excluding hydrogens is 498 g/mol. The standard InChI is InChI=1S/C32H45N7O/c1-6-7-8-14-22-38(23-20-25(4)5)30-35-29(33-21-19-24(2)3)36-31(37-30)39(26-15-10-9-11-16-26)32-34-27-17-12-13-18-28(27)40-32/h9-13,15-18,24-25H,6-8,14,19-23H2,1-5H3,(H,33,35,36,37). The minimum Gasteiger partial charge on any atom is -0.423 e. The van der Waals surface area contributed by atoms with Gasteiger partial charge in [0.05, 0.1) is 5.69 Å². The van der Waals surface area contributed by atoms with E-state index in [9.17, 15) is 0 Å². The summed E-state index contributed by atoms with van der Waals surface area (Å²) in [5.74, 6) is 2.91. The molecule has 0 aliphatic carbocycles. The third kappa shape index (κ3) is 8.16. The number of benzene rings is 2. The second kappa shape index (κ2) is 14.6. The fourth-order valence-electron chi connectivity index (χ4n) is 4.45. The van der Waals surface area contributed by atoms with Crippen molar-refractivity contribution >= 4 is 40.6 Å². The number of rotatable bonds is 16. The van der Waals surface area contributed by atoms with Crippen LogP contribution in [0.25, 0.3) is 11.1 Å². The van der Waals surface area contributed by atoms with Gasteiger partial charge >= 0.3 is 6.01 Å². The molecule has 4 rings (SSSR count). The van der Waals surface area contributed by atoms with E-state index in [1.54, 1.807) is 0 Å². The maximum Gasteiger partial charge on any atom is 0.310 e. The smallest absolute Gasteiger partial charge is 0.310 e. The predicted octanol–water partition coefficient (Wildman–Crippen LogP) is 8.37. The summed E-state index contributed by atoms with van der Waals surface area (Å²) < 4.78 is 6.24. The number of hydrogen-bond donors (Lipinski definition) is 1. The molecule has 0 atom stereocenters. The Morgan fingerprint density at radius 2 is 1.48 bits per heavy atom. The van der Waals surface area contributed by atoms with Gasteiger partial charge in [-0.05, 0) is 55.4 Å². The zero-order valence-electron chi connectivity index (χ0n) is 24.8. The molecule has 8 nitrogen and oxygen atoms in total. The van der Waals surface area contributed by atoms with Crippen LogP contribution >= 0.6 is 0 Å². The van der Waals surface area contributed by atoms with E-state index < -0.39 is 0 Å². The molecule has 0 aliphatic heterocycles. The normalized spacial score (nSPS) is 11.5. The minimum absolute atomic E-state index is 0.425. The topological polar surface area (TPSA) is 83.2 Å². The molecule has 1 N–H and O–H groups in total. The van der Waals surface area contributed by atoms with Crippen molar-refractivity contribution in [2.45, 2.75) is 73.1 Å². The molecule has 40 heavy (non-hydrogen) atoms. The van der Waals surface area contributed by atoms with Crippen molar-refractivity contribution in [1.29, 1.82) is 0 Å². The first-order valence-corrected chi connectivity index (χ1v) is 14.9. The van der Waals surface area contributed by atoms with Crippen LogP contribution in [0.2, 0.25) is 0 Å². The van der Waals surface area contributed by atoms with E-state index in [0.29, 0.717) is 35.7 Å². The van der Waals surface area contributed by atoms with Crippen molar-refractivity contribution < 1.29 is 4.42 Å². The summed E-state index contributed by atoms with van der Waals surface area (Å²) in [6.07, 6.45) is 6.85. The Hall–Kier alpha value is -3.68. The maximum absolute atomic E-state index is 6.24. The Kier molecular flexibility index (Phi) is 10.7. The van der Waals surface area contributed by atoms with Gasteiger partial charge in [0.15, 0.2) is 5.58 Å². The highest BCUT2D eigenvalue weighted by atomic mass is 16.4. The van der Waals surface area contributed by atoms with Gasteiger partial charge in [-0.1, -0.05) is 84.2 Å². The number of oxazole rings is 1. The minimum atomic E-state index is 0.425. The molecular formula is C32H45N7O. The van der Waals surface area contributed by atoms with Crippen LogP contribution in [0.3, 0.4) is 0 Å². The van der Waals surface area contributed by atoms with Crippen LogP contribution in [-0.4, -0.2) is 39.6 Å². The molecule has 0 radical (unpaired) electrons. The number of aromatic nitrogens is 4. The molecule has 0 saturated carbocycles. The molecule has 0 spiro atoms. The van der Waals surface area contributed by atoms with Gasteiger partial charge < -0.3 is 14.6 Å². The van der Waals surface area contributed by atoms with Gasteiger partial charge in [0, 0.05) is 19.6 Å². The summed E-state index contributed by atoms with van der Waals surface area (Å²) in [5, 5.41) is 3.47. The van der Waals surface area contributed by atoms with Gasteiger partial charge in [-0.2, -0.15) is 19.9 Å². The number of para-hydroxylation sites is 3. The molecule has 0 fully saturated rings. The van der Waals surface area contributed by atoms with E-state index >= 15 is 0 Å². The van der Waals surface area contributed by atoms with Gasteiger partial charge in [-0.15, -0.1) is 0 Å².